The average Bonchev–Trinajstić information content (AvgIpc) is 2.57. The van der Waals surface area contributed by atoms with E-state index in [4.69, 9.17) is 9.47 Å². The van der Waals surface area contributed by atoms with Crippen molar-refractivity contribution in [3.63, 3.8) is 0 Å². The van der Waals surface area contributed by atoms with Gasteiger partial charge in [0.25, 0.3) is 0 Å². The fourth-order valence-electron chi connectivity index (χ4n) is 2.61. The van der Waals surface area contributed by atoms with Crippen LogP contribution in [-0.4, -0.2) is 31.6 Å². The van der Waals surface area contributed by atoms with Gasteiger partial charge in [0.1, 0.15) is 5.75 Å². The summed E-state index contributed by atoms with van der Waals surface area (Å²) in [4.78, 5) is 34.1. The van der Waals surface area contributed by atoms with Crippen LogP contribution in [0, 0.1) is 6.10 Å². The lowest BCUT2D eigenvalue weighted by Crippen LogP contribution is -2.62. The molecule has 0 saturated heterocycles. The summed E-state index contributed by atoms with van der Waals surface area (Å²) in [6, 6.07) is 6.49. The van der Waals surface area contributed by atoms with Gasteiger partial charge < -0.3 is 20.1 Å². The van der Waals surface area contributed by atoms with Crippen molar-refractivity contribution in [2.75, 3.05) is 7.11 Å². The summed E-state index contributed by atoms with van der Waals surface area (Å²) in [7, 11) is 1.54. The first-order valence-corrected chi connectivity index (χ1v) is 7.30. The number of benzene rings is 1. The van der Waals surface area contributed by atoms with E-state index < -0.39 is 11.6 Å². The van der Waals surface area contributed by atoms with Gasteiger partial charge in [-0.05, 0) is 49.9 Å². The zero-order valence-corrected chi connectivity index (χ0v) is 12.8. The number of carbonyl (C=O) groups is 3. The number of nitrogens with one attached hydrogen (secondary N) is 2. The molecule has 1 aromatic rings. The van der Waals surface area contributed by atoms with Gasteiger partial charge in [-0.1, -0.05) is 0 Å². The summed E-state index contributed by atoms with van der Waals surface area (Å²) in [5.74, 6) is 0.0841. The Kier molecular flexibility index (Phi) is 5.56. The van der Waals surface area contributed by atoms with Gasteiger partial charge >= 0.3 is 5.97 Å². The first-order chi connectivity index (χ1) is 11.1. The van der Waals surface area contributed by atoms with E-state index in [9.17, 15) is 14.4 Å². The molecule has 0 heterocycles. The number of amides is 2. The Labute approximate surface area is 134 Å². The minimum Gasteiger partial charge on any atom is -0.497 e. The van der Waals surface area contributed by atoms with E-state index >= 15 is 0 Å². The Hall–Kier alpha value is -2.57. The number of hydrogen-bond donors (Lipinski definition) is 2. The molecule has 123 valence electrons. The highest BCUT2D eigenvalue weighted by molar-refractivity contribution is 5.90. The minimum absolute atomic E-state index is 0.337. The minimum atomic E-state index is -1.14. The molecule has 0 bridgehead atoms. The van der Waals surface area contributed by atoms with E-state index in [0.717, 1.165) is 12.8 Å². The van der Waals surface area contributed by atoms with Crippen LogP contribution in [-0.2, 0) is 14.3 Å². The fourth-order valence-corrected chi connectivity index (χ4v) is 2.61. The van der Waals surface area contributed by atoms with Crippen molar-refractivity contribution in [3.8, 4) is 5.75 Å². The van der Waals surface area contributed by atoms with E-state index in [1.165, 1.54) is 7.11 Å². The number of methoxy groups -OCH3 is 1. The van der Waals surface area contributed by atoms with Crippen LogP contribution in [0.15, 0.2) is 24.3 Å². The Morgan fingerprint density at radius 1 is 1.13 bits per heavy atom. The molecular formula is C16H19N2O5. The highest BCUT2D eigenvalue weighted by Crippen LogP contribution is 2.35. The quantitative estimate of drug-likeness (QED) is 0.447. The zero-order valence-electron chi connectivity index (χ0n) is 12.8. The Bertz CT molecular complexity index is 548. The van der Waals surface area contributed by atoms with E-state index in [1.54, 1.807) is 24.3 Å². The molecule has 7 heteroatoms. The highest BCUT2D eigenvalue weighted by Gasteiger charge is 2.44. The molecule has 23 heavy (non-hydrogen) atoms. The molecule has 7 nitrogen and oxygen atoms in total. The van der Waals surface area contributed by atoms with E-state index in [-0.39, 0.29) is 0 Å². The summed E-state index contributed by atoms with van der Waals surface area (Å²) < 4.78 is 10.5. The molecule has 0 unspecified atom stereocenters. The molecule has 1 fully saturated rings. The van der Waals surface area contributed by atoms with Crippen LogP contribution in [0.25, 0.3) is 0 Å². The Morgan fingerprint density at radius 3 is 2.35 bits per heavy atom. The number of rotatable bonds is 7. The lowest BCUT2D eigenvalue weighted by molar-refractivity contribution is -0.116. The van der Waals surface area contributed by atoms with Crippen LogP contribution in [0.4, 0.5) is 0 Å². The molecule has 0 atom stereocenters. The molecule has 1 saturated carbocycles. The van der Waals surface area contributed by atoms with Crippen molar-refractivity contribution in [1.82, 2.24) is 10.6 Å². The molecule has 1 radical (unpaired) electrons. The van der Waals surface area contributed by atoms with Crippen molar-refractivity contribution < 1.29 is 23.9 Å². The molecule has 2 amide bonds. The lowest BCUT2D eigenvalue weighted by Gasteiger charge is -2.41. The fraction of sp³-hybridized carbons (Fsp3) is 0.375. The molecule has 0 aromatic heterocycles. The zero-order chi connectivity index (χ0) is 16.7. The largest absolute Gasteiger partial charge is 0.497 e. The molecule has 1 aliphatic carbocycles. The third-order valence-corrected chi connectivity index (χ3v) is 3.83. The van der Waals surface area contributed by atoms with Gasteiger partial charge in [0, 0.05) is 0 Å². The Balaban J connectivity index is 2.14. The first-order valence-electron chi connectivity index (χ1n) is 7.30. The van der Waals surface area contributed by atoms with Crippen LogP contribution < -0.4 is 15.4 Å². The van der Waals surface area contributed by atoms with E-state index in [2.05, 4.69) is 10.6 Å². The molecule has 2 N–H and O–H groups in total. The topological polar surface area (TPSA) is 93.7 Å². The normalized spacial score (nSPS) is 16.9. The summed E-state index contributed by atoms with van der Waals surface area (Å²) >= 11 is 0. The van der Waals surface area contributed by atoms with Gasteiger partial charge in [-0.15, -0.1) is 0 Å². The summed E-state index contributed by atoms with van der Waals surface area (Å²) in [6.07, 6.45) is 3.87. The molecule has 1 aromatic carbocycles. The van der Waals surface area contributed by atoms with Gasteiger partial charge in [-0.2, -0.15) is 0 Å². The molecule has 1 aliphatic rings. The number of carbonyl (C=O) groups excluding carboxylic acids is 3. The first kappa shape index (κ1) is 16.8. The smallest absolute Gasteiger partial charge is 0.338 e. The number of ether oxygens (including phenoxy) is 2. The molecule has 0 spiro atoms. The van der Waals surface area contributed by atoms with Crippen LogP contribution in [0.5, 0.6) is 5.75 Å². The summed E-state index contributed by atoms with van der Waals surface area (Å²) in [5.41, 5.74) is -0.779. The van der Waals surface area contributed by atoms with E-state index in [0.29, 0.717) is 43.1 Å². The maximum absolute atomic E-state index is 12.3. The molecule has 2 rings (SSSR count). The lowest BCUT2D eigenvalue weighted by atomic mass is 9.86. The average molecular weight is 319 g/mol. The predicted molar refractivity (Wildman–Crippen MR) is 81.3 cm³/mol. The van der Waals surface area contributed by atoms with Gasteiger partial charge in [0.05, 0.1) is 12.7 Å². The Morgan fingerprint density at radius 2 is 1.78 bits per heavy atom. The van der Waals surface area contributed by atoms with Crippen LogP contribution in [0.3, 0.4) is 0 Å². The standard InChI is InChI=1S/C16H19N2O5/c1-22-13-7-5-12(6-8-13)15(21)23-14-4-2-3-9-16(14,17-10-19)18-11-20/h5-8,10-11H,2-4,9H2,1H3,(H,17,19)(H,18,20). The van der Waals surface area contributed by atoms with Gasteiger partial charge in [-0.25, -0.2) is 4.79 Å². The SMILES string of the molecule is COc1ccc(C(=O)O[C]2CCCCC2(NC=O)NC=O)cc1. The third kappa shape index (κ3) is 3.80. The summed E-state index contributed by atoms with van der Waals surface area (Å²) in [5, 5.41) is 5.13. The number of esters is 1. The monoisotopic (exact) mass is 319 g/mol. The maximum atomic E-state index is 12.3. The van der Waals surface area contributed by atoms with Gasteiger partial charge in [0.2, 0.25) is 12.8 Å². The van der Waals surface area contributed by atoms with E-state index in [1.807, 2.05) is 0 Å². The highest BCUT2D eigenvalue weighted by atomic mass is 16.5. The van der Waals surface area contributed by atoms with Crippen molar-refractivity contribution in [1.29, 1.82) is 0 Å². The van der Waals surface area contributed by atoms with Crippen LogP contribution in [0.1, 0.15) is 36.0 Å². The van der Waals surface area contributed by atoms with Crippen LogP contribution in [0.2, 0.25) is 0 Å². The van der Waals surface area contributed by atoms with Gasteiger partial charge in [-0.3, -0.25) is 9.59 Å². The summed E-state index contributed by atoms with van der Waals surface area (Å²) in [6.45, 7) is 0. The second-order valence-electron chi connectivity index (χ2n) is 5.18. The predicted octanol–water partition coefficient (Wildman–Crippen LogP) is 1.15. The van der Waals surface area contributed by atoms with Crippen LogP contribution >= 0.6 is 0 Å². The van der Waals surface area contributed by atoms with Crippen molar-refractivity contribution in [2.45, 2.75) is 31.3 Å². The van der Waals surface area contributed by atoms with Crippen molar-refractivity contribution in [2.24, 2.45) is 0 Å². The maximum Gasteiger partial charge on any atom is 0.338 e. The second-order valence-corrected chi connectivity index (χ2v) is 5.18. The second kappa shape index (κ2) is 7.62. The number of hydrogen-bond acceptors (Lipinski definition) is 5. The van der Waals surface area contributed by atoms with Crippen molar-refractivity contribution in [3.05, 3.63) is 35.9 Å². The van der Waals surface area contributed by atoms with Crippen molar-refractivity contribution >= 4 is 18.8 Å². The third-order valence-electron chi connectivity index (χ3n) is 3.83. The van der Waals surface area contributed by atoms with Gasteiger partial charge in [0.15, 0.2) is 11.8 Å². The molecule has 0 aliphatic heterocycles. The molecular weight excluding hydrogens is 300 g/mol.